The Labute approximate surface area is 119 Å². The summed E-state index contributed by atoms with van der Waals surface area (Å²) in [5, 5.41) is 4.94. The second-order valence-corrected chi connectivity index (χ2v) is 5.44. The van der Waals surface area contributed by atoms with Crippen LogP contribution in [0.15, 0.2) is 35.7 Å². The molecular weight excluding hydrogens is 272 g/mol. The van der Waals surface area contributed by atoms with Crippen LogP contribution in [-0.2, 0) is 6.42 Å². The minimum atomic E-state index is -0.126. The quantitative estimate of drug-likeness (QED) is 0.687. The SMILES string of the molecule is Nc1nc2c(C(=O)NCCc3cccs3)cccc2[nH]1. The fourth-order valence-corrected chi connectivity index (χ4v) is 2.79. The summed E-state index contributed by atoms with van der Waals surface area (Å²) in [5.74, 6) is 0.192. The van der Waals surface area contributed by atoms with Gasteiger partial charge >= 0.3 is 0 Å². The minimum absolute atomic E-state index is 0.126. The van der Waals surface area contributed by atoms with E-state index in [1.54, 1.807) is 17.4 Å². The van der Waals surface area contributed by atoms with Gasteiger partial charge in [0.25, 0.3) is 5.91 Å². The highest BCUT2D eigenvalue weighted by atomic mass is 32.1. The van der Waals surface area contributed by atoms with Gasteiger partial charge in [0.15, 0.2) is 5.95 Å². The third-order valence-electron chi connectivity index (χ3n) is 3.01. The third kappa shape index (κ3) is 2.50. The zero-order valence-corrected chi connectivity index (χ0v) is 11.5. The number of hydrogen-bond donors (Lipinski definition) is 3. The molecule has 0 spiro atoms. The molecule has 0 radical (unpaired) electrons. The lowest BCUT2D eigenvalue weighted by Crippen LogP contribution is -2.25. The Morgan fingerprint density at radius 2 is 2.25 bits per heavy atom. The van der Waals surface area contributed by atoms with Crippen LogP contribution in [0.3, 0.4) is 0 Å². The zero-order chi connectivity index (χ0) is 13.9. The van der Waals surface area contributed by atoms with E-state index in [9.17, 15) is 4.79 Å². The first-order valence-corrected chi connectivity index (χ1v) is 7.17. The highest BCUT2D eigenvalue weighted by molar-refractivity contribution is 7.09. The molecule has 4 N–H and O–H groups in total. The minimum Gasteiger partial charge on any atom is -0.369 e. The Hall–Kier alpha value is -2.34. The van der Waals surface area contributed by atoms with Crippen molar-refractivity contribution in [1.82, 2.24) is 15.3 Å². The van der Waals surface area contributed by atoms with Crippen molar-refractivity contribution in [3.63, 3.8) is 0 Å². The van der Waals surface area contributed by atoms with E-state index in [-0.39, 0.29) is 5.91 Å². The van der Waals surface area contributed by atoms with Crippen LogP contribution in [-0.4, -0.2) is 22.4 Å². The Bertz CT molecular complexity index is 733. The van der Waals surface area contributed by atoms with Crippen molar-refractivity contribution in [2.45, 2.75) is 6.42 Å². The average molecular weight is 286 g/mol. The topological polar surface area (TPSA) is 83.8 Å². The molecule has 2 heterocycles. The van der Waals surface area contributed by atoms with Gasteiger partial charge in [-0.2, -0.15) is 0 Å². The molecule has 0 aliphatic carbocycles. The first-order valence-electron chi connectivity index (χ1n) is 6.29. The summed E-state index contributed by atoms with van der Waals surface area (Å²) in [5.41, 5.74) is 7.55. The van der Waals surface area contributed by atoms with Crippen molar-refractivity contribution >= 4 is 34.2 Å². The number of carbonyl (C=O) groups excluding carboxylic acids is 1. The van der Waals surface area contributed by atoms with Crippen molar-refractivity contribution < 1.29 is 4.79 Å². The number of nitrogens with two attached hydrogens (primary N) is 1. The molecule has 0 saturated heterocycles. The maximum Gasteiger partial charge on any atom is 0.253 e. The van der Waals surface area contributed by atoms with E-state index < -0.39 is 0 Å². The molecule has 0 fully saturated rings. The summed E-state index contributed by atoms with van der Waals surface area (Å²) in [6, 6.07) is 9.49. The predicted octanol–water partition coefficient (Wildman–Crippen LogP) is 2.18. The smallest absolute Gasteiger partial charge is 0.253 e. The monoisotopic (exact) mass is 286 g/mol. The number of amides is 1. The van der Waals surface area contributed by atoms with E-state index in [0.717, 1.165) is 11.9 Å². The van der Waals surface area contributed by atoms with Gasteiger partial charge in [0, 0.05) is 11.4 Å². The molecule has 0 aliphatic rings. The number of nitrogen functional groups attached to an aromatic ring is 1. The fourth-order valence-electron chi connectivity index (χ4n) is 2.08. The van der Waals surface area contributed by atoms with Gasteiger partial charge in [-0.05, 0) is 30.0 Å². The van der Waals surface area contributed by atoms with Crippen LogP contribution in [0.2, 0.25) is 0 Å². The number of hydrogen-bond acceptors (Lipinski definition) is 4. The summed E-state index contributed by atoms with van der Waals surface area (Å²) in [4.78, 5) is 20.5. The highest BCUT2D eigenvalue weighted by Crippen LogP contribution is 2.17. The predicted molar refractivity (Wildman–Crippen MR) is 80.9 cm³/mol. The van der Waals surface area contributed by atoms with Gasteiger partial charge in [-0.25, -0.2) is 4.98 Å². The normalized spacial score (nSPS) is 10.8. The molecule has 1 aromatic carbocycles. The van der Waals surface area contributed by atoms with Crippen molar-refractivity contribution in [2.24, 2.45) is 0 Å². The lowest BCUT2D eigenvalue weighted by Gasteiger charge is -2.04. The number of fused-ring (bicyclic) bond motifs is 1. The number of benzene rings is 1. The number of imidazole rings is 1. The van der Waals surface area contributed by atoms with E-state index in [0.29, 0.717) is 23.6 Å². The number of carbonyl (C=O) groups is 1. The maximum atomic E-state index is 12.2. The van der Waals surface area contributed by atoms with Gasteiger partial charge in [0.2, 0.25) is 0 Å². The number of anilines is 1. The molecule has 102 valence electrons. The molecule has 0 saturated carbocycles. The number of aromatic nitrogens is 2. The third-order valence-corrected chi connectivity index (χ3v) is 3.95. The van der Waals surface area contributed by atoms with E-state index in [2.05, 4.69) is 21.4 Å². The molecule has 6 heteroatoms. The van der Waals surface area contributed by atoms with Crippen LogP contribution in [0.25, 0.3) is 11.0 Å². The Morgan fingerprint density at radius 3 is 3.05 bits per heavy atom. The average Bonchev–Trinajstić information content (AvgIpc) is 3.05. The summed E-state index contributed by atoms with van der Waals surface area (Å²) >= 11 is 1.69. The molecule has 5 nitrogen and oxygen atoms in total. The van der Waals surface area contributed by atoms with E-state index >= 15 is 0 Å². The molecule has 0 unspecified atom stereocenters. The number of para-hydroxylation sites is 1. The maximum absolute atomic E-state index is 12.2. The first kappa shape index (κ1) is 12.7. The number of aromatic amines is 1. The second kappa shape index (κ2) is 5.34. The lowest BCUT2D eigenvalue weighted by molar-refractivity contribution is 0.0955. The lowest BCUT2D eigenvalue weighted by atomic mass is 10.1. The molecule has 0 atom stereocenters. The number of nitrogens with one attached hydrogen (secondary N) is 2. The van der Waals surface area contributed by atoms with Crippen molar-refractivity contribution in [3.8, 4) is 0 Å². The largest absolute Gasteiger partial charge is 0.369 e. The van der Waals surface area contributed by atoms with Crippen molar-refractivity contribution in [3.05, 3.63) is 46.2 Å². The molecule has 3 rings (SSSR count). The molecule has 20 heavy (non-hydrogen) atoms. The number of nitrogens with zero attached hydrogens (tertiary/aromatic N) is 1. The van der Waals surface area contributed by atoms with E-state index in [1.807, 2.05) is 23.6 Å². The van der Waals surface area contributed by atoms with Crippen LogP contribution in [0.1, 0.15) is 15.2 Å². The summed E-state index contributed by atoms with van der Waals surface area (Å²) < 4.78 is 0. The molecular formula is C14H14N4OS. The number of H-pyrrole nitrogens is 1. The van der Waals surface area contributed by atoms with Gasteiger partial charge < -0.3 is 16.0 Å². The standard InChI is InChI=1S/C14H14N4OS/c15-14-17-11-5-1-4-10(12(11)18-14)13(19)16-7-6-9-3-2-8-20-9/h1-5,8H,6-7H2,(H,16,19)(H3,15,17,18). The van der Waals surface area contributed by atoms with Crippen molar-refractivity contribution in [2.75, 3.05) is 12.3 Å². The summed E-state index contributed by atoms with van der Waals surface area (Å²) in [7, 11) is 0. The van der Waals surface area contributed by atoms with Crippen LogP contribution < -0.4 is 11.1 Å². The summed E-state index contributed by atoms with van der Waals surface area (Å²) in [6.07, 6.45) is 0.835. The van der Waals surface area contributed by atoms with Gasteiger partial charge in [-0.1, -0.05) is 12.1 Å². The highest BCUT2D eigenvalue weighted by Gasteiger charge is 2.12. The van der Waals surface area contributed by atoms with Crippen molar-refractivity contribution in [1.29, 1.82) is 0 Å². The number of rotatable bonds is 4. The van der Waals surface area contributed by atoms with Gasteiger partial charge in [0.1, 0.15) is 5.52 Å². The molecule has 3 aromatic rings. The molecule has 0 aliphatic heterocycles. The Morgan fingerprint density at radius 1 is 1.35 bits per heavy atom. The van der Waals surface area contributed by atoms with Crippen LogP contribution >= 0.6 is 11.3 Å². The molecule has 0 bridgehead atoms. The van der Waals surface area contributed by atoms with Crippen LogP contribution in [0.4, 0.5) is 5.95 Å². The van der Waals surface area contributed by atoms with Gasteiger partial charge in [-0.15, -0.1) is 11.3 Å². The Kier molecular flexibility index (Phi) is 3.39. The van der Waals surface area contributed by atoms with Gasteiger partial charge in [-0.3, -0.25) is 4.79 Å². The molecule has 1 amide bonds. The van der Waals surface area contributed by atoms with Crippen LogP contribution in [0, 0.1) is 0 Å². The second-order valence-electron chi connectivity index (χ2n) is 4.41. The fraction of sp³-hybridized carbons (Fsp3) is 0.143. The van der Waals surface area contributed by atoms with E-state index in [1.165, 1.54) is 4.88 Å². The summed E-state index contributed by atoms with van der Waals surface area (Å²) in [6.45, 7) is 0.607. The van der Waals surface area contributed by atoms with E-state index in [4.69, 9.17) is 5.73 Å². The number of thiophene rings is 1. The first-order chi connectivity index (χ1) is 9.74. The van der Waals surface area contributed by atoms with Crippen LogP contribution in [0.5, 0.6) is 0 Å². The molecule has 2 aromatic heterocycles. The Balaban J connectivity index is 1.72. The van der Waals surface area contributed by atoms with Gasteiger partial charge in [0.05, 0.1) is 11.1 Å². The zero-order valence-electron chi connectivity index (χ0n) is 10.7.